The Balaban J connectivity index is 2.48. The molecule has 2 aromatic carbocycles. The number of nitriles is 1. The van der Waals surface area contributed by atoms with Gasteiger partial charge in [0.1, 0.15) is 6.07 Å². The van der Waals surface area contributed by atoms with Gasteiger partial charge >= 0.3 is 0 Å². The maximum Gasteiger partial charge on any atom is 0.103 e. The lowest BCUT2D eigenvalue weighted by atomic mass is 10.0. The Morgan fingerprint density at radius 2 is 1.95 bits per heavy atom. The van der Waals surface area contributed by atoms with Crippen LogP contribution in [-0.4, -0.2) is 0 Å². The summed E-state index contributed by atoms with van der Waals surface area (Å²) in [5, 5.41) is 12.7. The maximum atomic E-state index is 9.25. The molecule has 2 rings (SSSR count). The van der Waals surface area contributed by atoms with Gasteiger partial charge < -0.3 is 5.32 Å². The molecule has 0 unspecified atom stereocenters. The van der Waals surface area contributed by atoms with Crippen molar-refractivity contribution in [2.75, 3.05) is 5.32 Å². The second kappa shape index (κ2) is 5.90. The molecule has 0 saturated carbocycles. The highest BCUT2D eigenvalue weighted by Gasteiger charge is 2.09. The summed E-state index contributed by atoms with van der Waals surface area (Å²) >= 11 is 3.41. The third kappa shape index (κ3) is 2.80. The molecule has 0 bridgehead atoms. The van der Waals surface area contributed by atoms with Crippen molar-refractivity contribution in [2.24, 2.45) is 0 Å². The normalized spacial score (nSPS) is 10.0. The van der Waals surface area contributed by atoms with E-state index < -0.39 is 0 Å². The van der Waals surface area contributed by atoms with Gasteiger partial charge in [-0.1, -0.05) is 31.2 Å². The first-order valence-corrected chi connectivity index (χ1v) is 7.00. The zero-order valence-electron chi connectivity index (χ0n) is 11.0. The molecule has 0 aliphatic carbocycles. The summed E-state index contributed by atoms with van der Waals surface area (Å²) in [5.74, 6) is 0. The van der Waals surface area contributed by atoms with E-state index in [-0.39, 0.29) is 0 Å². The van der Waals surface area contributed by atoms with Crippen LogP contribution in [0.4, 0.5) is 11.4 Å². The largest absolute Gasteiger partial charge is 0.354 e. The van der Waals surface area contributed by atoms with Crippen molar-refractivity contribution in [2.45, 2.75) is 20.3 Å². The Hall–Kier alpha value is -1.79. The average molecular weight is 315 g/mol. The highest BCUT2D eigenvalue weighted by Crippen LogP contribution is 2.30. The summed E-state index contributed by atoms with van der Waals surface area (Å²) in [4.78, 5) is 0. The lowest BCUT2D eigenvalue weighted by Gasteiger charge is -2.15. The molecule has 0 aliphatic heterocycles. The average Bonchev–Trinajstić information content (AvgIpc) is 2.41. The molecule has 1 N–H and O–H groups in total. The highest BCUT2D eigenvalue weighted by molar-refractivity contribution is 9.10. The van der Waals surface area contributed by atoms with Crippen LogP contribution in [0.3, 0.4) is 0 Å². The first kappa shape index (κ1) is 13.6. The number of nitrogens with one attached hydrogen (secondary N) is 1. The molecule has 0 aliphatic rings. The summed E-state index contributed by atoms with van der Waals surface area (Å²) in [5.41, 5.74) is 5.00. The molecule has 3 heteroatoms. The van der Waals surface area contributed by atoms with Gasteiger partial charge in [-0.25, -0.2) is 0 Å². The molecule has 0 aromatic heterocycles. The van der Waals surface area contributed by atoms with Crippen LogP contribution in [0.25, 0.3) is 0 Å². The van der Waals surface area contributed by atoms with Crippen LogP contribution in [-0.2, 0) is 6.42 Å². The van der Waals surface area contributed by atoms with Gasteiger partial charge in [-0.2, -0.15) is 5.26 Å². The summed E-state index contributed by atoms with van der Waals surface area (Å²) in [6, 6.07) is 14.2. The Kier molecular flexibility index (Phi) is 4.24. The third-order valence-electron chi connectivity index (χ3n) is 3.13. The monoisotopic (exact) mass is 314 g/mol. The highest BCUT2D eigenvalue weighted by atomic mass is 79.9. The molecule has 2 aromatic rings. The van der Waals surface area contributed by atoms with Gasteiger partial charge in [0.15, 0.2) is 0 Å². The molecule has 0 fully saturated rings. The zero-order valence-corrected chi connectivity index (χ0v) is 12.6. The number of benzene rings is 2. The van der Waals surface area contributed by atoms with Crippen LogP contribution >= 0.6 is 15.9 Å². The maximum absolute atomic E-state index is 9.25. The zero-order chi connectivity index (χ0) is 13.8. The fourth-order valence-corrected chi connectivity index (χ4v) is 2.53. The third-order valence-corrected chi connectivity index (χ3v) is 3.79. The topological polar surface area (TPSA) is 35.8 Å². The number of hydrogen-bond acceptors (Lipinski definition) is 2. The van der Waals surface area contributed by atoms with Crippen LogP contribution in [0, 0.1) is 18.3 Å². The summed E-state index contributed by atoms with van der Waals surface area (Å²) < 4.78 is 0.812. The van der Waals surface area contributed by atoms with Gasteiger partial charge in [0.2, 0.25) is 0 Å². The molecule has 0 spiro atoms. The quantitative estimate of drug-likeness (QED) is 0.871. The van der Waals surface area contributed by atoms with E-state index in [1.807, 2.05) is 18.2 Å². The lowest BCUT2D eigenvalue weighted by Crippen LogP contribution is -2.00. The molecule has 0 radical (unpaired) electrons. The summed E-state index contributed by atoms with van der Waals surface area (Å²) in [7, 11) is 0. The molecule has 0 heterocycles. The second-order valence-electron chi connectivity index (χ2n) is 4.36. The minimum absolute atomic E-state index is 0.632. The van der Waals surface area contributed by atoms with E-state index in [1.54, 1.807) is 0 Å². The van der Waals surface area contributed by atoms with Crippen LogP contribution in [0.15, 0.2) is 40.9 Å². The lowest BCUT2D eigenvalue weighted by molar-refractivity contribution is 1.13. The Morgan fingerprint density at radius 1 is 1.21 bits per heavy atom. The Morgan fingerprint density at radius 3 is 2.63 bits per heavy atom. The van der Waals surface area contributed by atoms with E-state index in [9.17, 15) is 5.26 Å². The molecule has 0 saturated heterocycles. The molecule has 2 nitrogen and oxygen atoms in total. The van der Waals surface area contributed by atoms with Crippen molar-refractivity contribution in [3.05, 3.63) is 57.6 Å². The van der Waals surface area contributed by atoms with E-state index >= 15 is 0 Å². The van der Waals surface area contributed by atoms with Crippen LogP contribution in [0.5, 0.6) is 0 Å². The first-order valence-electron chi connectivity index (χ1n) is 6.21. The van der Waals surface area contributed by atoms with E-state index in [0.717, 1.165) is 22.3 Å². The van der Waals surface area contributed by atoms with Gasteiger partial charge in [0.05, 0.1) is 11.3 Å². The number of anilines is 2. The van der Waals surface area contributed by atoms with Crippen LogP contribution in [0.2, 0.25) is 0 Å². The SMILES string of the molecule is CCc1cccc(C)c1Nc1cccc(Br)c1C#N. The van der Waals surface area contributed by atoms with Gasteiger partial charge in [0.25, 0.3) is 0 Å². The van der Waals surface area contributed by atoms with Crippen molar-refractivity contribution in [3.8, 4) is 6.07 Å². The fourth-order valence-electron chi connectivity index (χ4n) is 2.08. The van der Waals surface area contributed by atoms with E-state index in [4.69, 9.17) is 0 Å². The second-order valence-corrected chi connectivity index (χ2v) is 5.22. The van der Waals surface area contributed by atoms with E-state index in [1.165, 1.54) is 11.1 Å². The minimum atomic E-state index is 0.632. The number of nitrogens with zero attached hydrogens (tertiary/aromatic N) is 1. The Bertz CT molecular complexity index is 642. The molecular formula is C16H15BrN2. The molecule has 19 heavy (non-hydrogen) atoms. The van der Waals surface area contributed by atoms with Crippen molar-refractivity contribution in [1.29, 1.82) is 5.26 Å². The molecular weight excluding hydrogens is 300 g/mol. The van der Waals surface area contributed by atoms with E-state index in [2.05, 4.69) is 59.4 Å². The fraction of sp³-hybridized carbons (Fsp3) is 0.188. The number of hydrogen-bond donors (Lipinski definition) is 1. The van der Waals surface area contributed by atoms with Crippen molar-refractivity contribution in [1.82, 2.24) is 0 Å². The number of halogens is 1. The minimum Gasteiger partial charge on any atom is -0.354 e. The van der Waals surface area contributed by atoms with Crippen LogP contribution < -0.4 is 5.32 Å². The molecule has 0 amide bonds. The standard InChI is InChI=1S/C16H15BrN2/c1-3-12-7-4-6-11(2)16(12)19-15-9-5-8-14(17)13(15)10-18/h4-9,19H,3H2,1-2H3. The number of rotatable bonds is 3. The van der Waals surface area contributed by atoms with Crippen LogP contribution in [0.1, 0.15) is 23.6 Å². The molecule has 96 valence electrons. The smallest absolute Gasteiger partial charge is 0.103 e. The van der Waals surface area contributed by atoms with Gasteiger partial charge in [-0.3, -0.25) is 0 Å². The predicted molar refractivity (Wildman–Crippen MR) is 82.7 cm³/mol. The summed E-state index contributed by atoms with van der Waals surface area (Å²) in [6.07, 6.45) is 0.958. The summed E-state index contributed by atoms with van der Waals surface area (Å²) in [6.45, 7) is 4.21. The van der Waals surface area contributed by atoms with E-state index in [0.29, 0.717) is 5.56 Å². The number of para-hydroxylation sites is 1. The van der Waals surface area contributed by atoms with Gasteiger partial charge in [0, 0.05) is 10.2 Å². The number of aryl methyl sites for hydroxylation is 2. The van der Waals surface area contributed by atoms with Crippen molar-refractivity contribution < 1.29 is 0 Å². The predicted octanol–water partition coefficient (Wildman–Crippen LogP) is 4.94. The van der Waals surface area contributed by atoms with Gasteiger partial charge in [-0.15, -0.1) is 0 Å². The first-order chi connectivity index (χ1) is 9.17. The van der Waals surface area contributed by atoms with Crippen molar-refractivity contribution >= 4 is 27.3 Å². The Labute approximate surface area is 122 Å². The van der Waals surface area contributed by atoms with Gasteiger partial charge in [-0.05, 0) is 52.5 Å². The molecule has 0 atom stereocenters. The van der Waals surface area contributed by atoms with Crippen molar-refractivity contribution in [3.63, 3.8) is 0 Å².